The molecule has 168 valence electrons. The molecule has 0 bridgehead atoms. The fourth-order valence-electron chi connectivity index (χ4n) is 3.54. The van der Waals surface area contributed by atoms with Crippen molar-refractivity contribution < 1.29 is 8.85 Å². The lowest BCUT2D eigenvalue weighted by atomic mass is 10.0. The molecule has 0 spiro atoms. The lowest BCUT2D eigenvalue weighted by molar-refractivity contribution is 0.178. The van der Waals surface area contributed by atoms with E-state index in [1.807, 2.05) is 0 Å². The molecule has 2 unspecified atom stereocenters. The van der Waals surface area contributed by atoms with Gasteiger partial charge in [0.2, 0.25) is 0 Å². The highest BCUT2D eigenvalue weighted by atomic mass is 28.4. The normalized spacial score (nSPS) is 15.3. The average molecular weight is 429 g/mol. The van der Waals surface area contributed by atoms with Gasteiger partial charge in [-0.25, -0.2) is 0 Å². The standard InChI is InChI=1S/C24H52O2Si2/c1-9-11-13-15-19-23(25-27(3,4)5)21-17-18-22-24(26-28(6,7)8)20-16-14-12-10-2/h17-18,23-24H,9-16,19-22H2,1-8H3/b18-17+. The molecule has 2 nitrogen and oxygen atoms in total. The largest absolute Gasteiger partial charge is 0.414 e. The van der Waals surface area contributed by atoms with Gasteiger partial charge in [0.25, 0.3) is 0 Å². The predicted octanol–water partition coefficient (Wildman–Crippen LogP) is 8.70. The highest BCUT2D eigenvalue weighted by Crippen LogP contribution is 2.20. The third kappa shape index (κ3) is 19.4. The minimum absolute atomic E-state index is 0.403. The first-order valence-corrected chi connectivity index (χ1v) is 18.9. The monoisotopic (exact) mass is 428 g/mol. The maximum absolute atomic E-state index is 6.46. The van der Waals surface area contributed by atoms with Crippen molar-refractivity contribution in [2.24, 2.45) is 0 Å². The summed E-state index contributed by atoms with van der Waals surface area (Å²) in [6.45, 7) is 18.4. The summed E-state index contributed by atoms with van der Waals surface area (Å²) in [4.78, 5) is 0. The number of hydrogen-bond acceptors (Lipinski definition) is 2. The van der Waals surface area contributed by atoms with Crippen LogP contribution in [-0.2, 0) is 8.85 Å². The molecule has 0 aromatic carbocycles. The maximum atomic E-state index is 6.46. The van der Waals surface area contributed by atoms with Crippen molar-refractivity contribution in [2.75, 3.05) is 0 Å². The molecule has 0 fully saturated rings. The second-order valence-electron chi connectivity index (χ2n) is 10.3. The van der Waals surface area contributed by atoms with Crippen LogP contribution in [-0.4, -0.2) is 28.8 Å². The van der Waals surface area contributed by atoms with Crippen molar-refractivity contribution in [1.29, 1.82) is 0 Å². The van der Waals surface area contributed by atoms with Gasteiger partial charge in [0.05, 0.1) is 0 Å². The van der Waals surface area contributed by atoms with Gasteiger partial charge >= 0.3 is 0 Å². The first-order valence-electron chi connectivity index (χ1n) is 12.1. The quantitative estimate of drug-likeness (QED) is 0.123. The molecule has 0 aromatic rings. The maximum Gasteiger partial charge on any atom is 0.184 e. The lowest BCUT2D eigenvalue weighted by Crippen LogP contribution is -2.32. The van der Waals surface area contributed by atoms with Crippen LogP contribution in [0.1, 0.15) is 90.9 Å². The van der Waals surface area contributed by atoms with Gasteiger partial charge in [-0.1, -0.05) is 77.4 Å². The van der Waals surface area contributed by atoms with E-state index in [0.717, 1.165) is 12.8 Å². The molecule has 0 saturated heterocycles. The Morgan fingerprint density at radius 2 is 0.929 bits per heavy atom. The highest BCUT2D eigenvalue weighted by molar-refractivity contribution is 6.70. The minimum Gasteiger partial charge on any atom is -0.414 e. The molecule has 4 heteroatoms. The lowest BCUT2D eigenvalue weighted by Gasteiger charge is -2.27. The van der Waals surface area contributed by atoms with Crippen LogP contribution < -0.4 is 0 Å². The molecule has 0 aliphatic carbocycles. The Kier molecular flexibility index (Phi) is 15.9. The number of rotatable bonds is 18. The number of unbranched alkanes of at least 4 members (excludes halogenated alkanes) is 6. The van der Waals surface area contributed by atoms with Gasteiger partial charge in [0.15, 0.2) is 16.6 Å². The second kappa shape index (κ2) is 15.9. The summed E-state index contributed by atoms with van der Waals surface area (Å²) in [7, 11) is -2.96. The molecule has 0 N–H and O–H groups in total. The summed E-state index contributed by atoms with van der Waals surface area (Å²) >= 11 is 0. The van der Waals surface area contributed by atoms with E-state index < -0.39 is 16.6 Å². The summed E-state index contributed by atoms with van der Waals surface area (Å²) in [5.74, 6) is 0. The van der Waals surface area contributed by atoms with Crippen molar-refractivity contribution in [3.05, 3.63) is 12.2 Å². The molecule has 0 radical (unpaired) electrons. The molecule has 0 aliphatic rings. The Hall–Kier alpha value is 0.0938. The summed E-state index contributed by atoms with van der Waals surface area (Å²) in [5.41, 5.74) is 0. The molecule has 0 saturated carbocycles. The predicted molar refractivity (Wildman–Crippen MR) is 132 cm³/mol. The zero-order valence-electron chi connectivity index (χ0n) is 20.6. The van der Waals surface area contributed by atoms with Crippen molar-refractivity contribution in [1.82, 2.24) is 0 Å². The fraction of sp³-hybridized carbons (Fsp3) is 0.917. The summed E-state index contributed by atoms with van der Waals surface area (Å²) in [6, 6.07) is 0. The topological polar surface area (TPSA) is 18.5 Å². The Morgan fingerprint density at radius 3 is 1.21 bits per heavy atom. The van der Waals surface area contributed by atoms with Crippen LogP contribution in [0.3, 0.4) is 0 Å². The van der Waals surface area contributed by atoms with E-state index in [9.17, 15) is 0 Å². The second-order valence-corrected chi connectivity index (χ2v) is 19.3. The van der Waals surface area contributed by atoms with Gasteiger partial charge in [0.1, 0.15) is 0 Å². The molecule has 0 heterocycles. The molecule has 0 amide bonds. The van der Waals surface area contributed by atoms with Gasteiger partial charge in [-0.2, -0.15) is 0 Å². The van der Waals surface area contributed by atoms with Crippen LogP contribution >= 0.6 is 0 Å². The van der Waals surface area contributed by atoms with E-state index in [1.165, 1.54) is 64.2 Å². The molecular weight excluding hydrogens is 376 g/mol. The highest BCUT2D eigenvalue weighted by Gasteiger charge is 2.21. The van der Waals surface area contributed by atoms with Crippen LogP contribution in [0.2, 0.25) is 39.3 Å². The van der Waals surface area contributed by atoms with Gasteiger partial charge in [-0.15, -0.1) is 0 Å². The van der Waals surface area contributed by atoms with Crippen LogP contribution in [0.25, 0.3) is 0 Å². The van der Waals surface area contributed by atoms with E-state index in [-0.39, 0.29) is 0 Å². The van der Waals surface area contributed by atoms with Gasteiger partial charge in [-0.05, 0) is 65.0 Å². The fourth-order valence-corrected chi connectivity index (χ4v) is 5.97. The molecule has 2 atom stereocenters. The summed E-state index contributed by atoms with van der Waals surface area (Å²) in [6.07, 6.45) is 20.7. The molecular formula is C24H52O2Si2. The molecule has 28 heavy (non-hydrogen) atoms. The molecule has 0 aliphatic heterocycles. The van der Waals surface area contributed by atoms with Crippen molar-refractivity contribution in [3.8, 4) is 0 Å². The van der Waals surface area contributed by atoms with Gasteiger partial charge in [0, 0.05) is 12.2 Å². The van der Waals surface area contributed by atoms with Gasteiger partial charge in [-0.3, -0.25) is 0 Å². The van der Waals surface area contributed by atoms with Crippen LogP contribution in [0.15, 0.2) is 12.2 Å². The van der Waals surface area contributed by atoms with Crippen LogP contribution in [0.4, 0.5) is 0 Å². The molecule has 0 rings (SSSR count). The SMILES string of the molecule is CCCCCCC(C/C=C/CC(CCCCCC)O[Si](C)(C)C)O[Si](C)(C)C. The smallest absolute Gasteiger partial charge is 0.184 e. The van der Waals surface area contributed by atoms with E-state index in [4.69, 9.17) is 8.85 Å². The number of hydrogen-bond donors (Lipinski definition) is 0. The Balaban J connectivity index is 4.53. The zero-order valence-corrected chi connectivity index (χ0v) is 22.6. The van der Waals surface area contributed by atoms with Crippen molar-refractivity contribution in [2.45, 2.75) is 142 Å². The average Bonchev–Trinajstić information content (AvgIpc) is 2.56. The van der Waals surface area contributed by atoms with Gasteiger partial charge < -0.3 is 8.85 Å². The van der Waals surface area contributed by atoms with Crippen molar-refractivity contribution >= 4 is 16.6 Å². The molecule has 0 aromatic heterocycles. The zero-order chi connectivity index (χ0) is 21.5. The van der Waals surface area contributed by atoms with E-state index >= 15 is 0 Å². The first-order chi connectivity index (χ1) is 13.1. The van der Waals surface area contributed by atoms with E-state index in [0.29, 0.717) is 12.2 Å². The Morgan fingerprint density at radius 1 is 0.571 bits per heavy atom. The van der Waals surface area contributed by atoms with Crippen LogP contribution in [0.5, 0.6) is 0 Å². The van der Waals surface area contributed by atoms with E-state index in [1.54, 1.807) is 0 Å². The summed E-state index contributed by atoms with van der Waals surface area (Å²) in [5, 5.41) is 0. The Labute approximate surface area is 180 Å². The first kappa shape index (κ1) is 28.1. The summed E-state index contributed by atoms with van der Waals surface area (Å²) < 4.78 is 12.9. The third-order valence-corrected chi connectivity index (χ3v) is 6.85. The van der Waals surface area contributed by atoms with Crippen LogP contribution in [0, 0.1) is 0 Å². The van der Waals surface area contributed by atoms with Crippen molar-refractivity contribution in [3.63, 3.8) is 0 Å². The Bertz CT molecular complexity index is 347. The minimum atomic E-state index is -1.48. The van der Waals surface area contributed by atoms with E-state index in [2.05, 4.69) is 65.3 Å². The third-order valence-electron chi connectivity index (χ3n) is 4.76.